The minimum absolute atomic E-state index is 0.144. The number of nitrogens with zero attached hydrogens (tertiary/aromatic N) is 1. The summed E-state index contributed by atoms with van der Waals surface area (Å²) in [5.74, 6) is 0. The summed E-state index contributed by atoms with van der Waals surface area (Å²) in [6.45, 7) is 1.23. The molecular formula is C5H5NO2. The van der Waals surface area contributed by atoms with Gasteiger partial charge in [0.1, 0.15) is 0 Å². The predicted octanol–water partition coefficient (Wildman–Crippen LogP) is -0.322. The smallest absolute Gasteiger partial charge is 0.178 e. The molecule has 0 amide bonds. The van der Waals surface area contributed by atoms with Gasteiger partial charge in [-0.05, 0) is 0 Å². The molecule has 2 aliphatic rings. The molecule has 1 unspecified atom stereocenters. The fourth-order valence-electron chi connectivity index (χ4n) is 0.867. The van der Waals surface area contributed by atoms with Gasteiger partial charge in [-0.25, -0.2) is 0 Å². The molecule has 1 spiro atoms. The summed E-state index contributed by atoms with van der Waals surface area (Å²) in [5, 5.41) is 8.28. The first kappa shape index (κ1) is 4.30. The molecule has 0 aromatic heterocycles. The normalized spacial score (nSPS) is 38.1. The fourth-order valence-corrected chi connectivity index (χ4v) is 0.867. The Morgan fingerprint density at radius 1 is 1.62 bits per heavy atom. The molecule has 0 bridgehead atoms. The van der Waals surface area contributed by atoms with Gasteiger partial charge in [0.05, 0.1) is 19.3 Å². The molecule has 0 radical (unpaired) electrons. The summed E-state index contributed by atoms with van der Waals surface area (Å²) in [6.07, 6.45) is -0.170. The number of hydrogen-bond acceptors (Lipinski definition) is 3. The molecule has 1 atom stereocenters. The summed E-state index contributed by atoms with van der Waals surface area (Å²) < 4.78 is 9.86. The van der Waals surface area contributed by atoms with E-state index in [1.54, 1.807) is 0 Å². The van der Waals surface area contributed by atoms with Crippen LogP contribution in [0.5, 0.6) is 0 Å². The van der Waals surface area contributed by atoms with Gasteiger partial charge in [-0.2, -0.15) is 5.26 Å². The highest BCUT2D eigenvalue weighted by molar-refractivity contribution is 5.17. The van der Waals surface area contributed by atoms with Crippen molar-refractivity contribution >= 4 is 0 Å². The third-order valence-electron chi connectivity index (χ3n) is 1.58. The number of ether oxygens (including phenoxy) is 2. The highest BCUT2D eigenvalue weighted by Gasteiger charge is 2.62. The van der Waals surface area contributed by atoms with Gasteiger partial charge < -0.3 is 9.47 Å². The molecule has 0 N–H and O–H groups in total. The second-order valence-corrected chi connectivity index (χ2v) is 2.18. The summed E-state index contributed by atoms with van der Waals surface area (Å²) in [6, 6.07) is 2.03. The van der Waals surface area contributed by atoms with Crippen molar-refractivity contribution < 1.29 is 9.47 Å². The van der Waals surface area contributed by atoms with Crippen LogP contribution in [0.15, 0.2) is 0 Å². The van der Waals surface area contributed by atoms with Crippen LogP contribution >= 0.6 is 0 Å². The maximum absolute atomic E-state index is 8.28. The lowest BCUT2D eigenvalue weighted by Crippen LogP contribution is -2.39. The van der Waals surface area contributed by atoms with Crippen LogP contribution in [-0.2, 0) is 9.47 Å². The molecule has 8 heavy (non-hydrogen) atoms. The number of rotatable bonds is 0. The fraction of sp³-hybridized carbons (Fsp3) is 0.800. The van der Waals surface area contributed by atoms with Crippen molar-refractivity contribution in [2.24, 2.45) is 0 Å². The second-order valence-electron chi connectivity index (χ2n) is 2.18. The second kappa shape index (κ2) is 1.04. The summed E-state index contributed by atoms with van der Waals surface area (Å²) in [4.78, 5) is 0. The van der Waals surface area contributed by atoms with E-state index in [-0.39, 0.29) is 11.7 Å². The maximum Gasteiger partial charge on any atom is 0.178 e. The quantitative estimate of drug-likeness (QED) is 0.402. The minimum atomic E-state index is -0.170. The predicted molar refractivity (Wildman–Crippen MR) is 24.0 cm³/mol. The van der Waals surface area contributed by atoms with Crippen LogP contribution < -0.4 is 0 Å². The van der Waals surface area contributed by atoms with Crippen LogP contribution in [0.1, 0.15) is 0 Å². The maximum atomic E-state index is 8.28. The molecule has 2 saturated heterocycles. The van der Waals surface area contributed by atoms with Crippen molar-refractivity contribution in [2.75, 3.05) is 13.2 Å². The van der Waals surface area contributed by atoms with Crippen molar-refractivity contribution in [3.63, 3.8) is 0 Å². The molecule has 42 valence electrons. The van der Waals surface area contributed by atoms with E-state index in [1.807, 2.05) is 6.07 Å². The van der Waals surface area contributed by atoms with Gasteiger partial charge in [0.25, 0.3) is 0 Å². The van der Waals surface area contributed by atoms with Gasteiger partial charge in [-0.15, -0.1) is 0 Å². The van der Waals surface area contributed by atoms with E-state index in [4.69, 9.17) is 14.7 Å². The van der Waals surface area contributed by atoms with Crippen LogP contribution in [-0.4, -0.2) is 24.9 Å². The van der Waals surface area contributed by atoms with Gasteiger partial charge in [-0.3, -0.25) is 0 Å². The lowest BCUT2D eigenvalue weighted by atomic mass is 10.1. The molecular weight excluding hydrogens is 106 g/mol. The molecule has 2 aliphatic heterocycles. The standard InChI is InChI=1S/C5H5NO2/c6-1-4-5(8-4)2-7-3-5/h4H,2-3H2. The van der Waals surface area contributed by atoms with Crippen LogP contribution in [0, 0.1) is 11.3 Å². The van der Waals surface area contributed by atoms with E-state index in [1.165, 1.54) is 0 Å². The van der Waals surface area contributed by atoms with Gasteiger partial charge in [0.15, 0.2) is 11.7 Å². The third-order valence-corrected chi connectivity index (χ3v) is 1.58. The molecule has 2 rings (SSSR count). The molecule has 3 nitrogen and oxygen atoms in total. The van der Waals surface area contributed by atoms with Crippen molar-refractivity contribution in [2.45, 2.75) is 11.7 Å². The van der Waals surface area contributed by atoms with Gasteiger partial charge in [0, 0.05) is 0 Å². The summed E-state index contributed by atoms with van der Waals surface area (Å²) >= 11 is 0. The van der Waals surface area contributed by atoms with E-state index >= 15 is 0 Å². The minimum Gasteiger partial charge on any atom is -0.375 e. The average Bonchev–Trinajstić information content (AvgIpc) is 2.36. The molecule has 2 heterocycles. The van der Waals surface area contributed by atoms with E-state index in [9.17, 15) is 0 Å². The Morgan fingerprint density at radius 2 is 2.38 bits per heavy atom. The van der Waals surface area contributed by atoms with Crippen molar-refractivity contribution in [1.82, 2.24) is 0 Å². The molecule has 0 aromatic rings. The Morgan fingerprint density at radius 3 is 2.50 bits per heavy atom. The first-order chi connectivity index (χ1) is 3.87. The van der Waals surface area contributed by atoms with Crippen LogP contribution in [0.3, 0.4) is 0 Å². The molecule has 3 heteroatoms. The number of epoxide rings is 1. The van der Waals surface area contributed by atoms with Crippen molar-refractivity contribution in [1.29, 1.82) is 5.26 Å². The molecule has 0 saturated carbocycles. The summed E-state index contributed by atoms with van der Waals surface area (Å²) in [5.41, 5.74) is -0.144. The van der Waals surface area contributed by atoms with Crippen molar-refractivity contribution in [3.8, 4) is 6.07 Å². The monoisotopic (exact) mass is 111 g/mol. The Hall–Kier alpha value is -0.590. The van der Waals surface area contributed by atoms with Crippen LogP contribution in [0.25, 0.3) is 0 Å². The first-order valence-electron chi connectivity index (χ1n) is 2.53. The van der Waals surface area contributed by atoms with Gasteiger partial charge in [0.2, 0.25) is 0 Å². The van der Waals surface area contributed by atoms with Crippen LogP contribution in [0.2, 0.25) is 0 Å². The number of nitriles is 1. The molecule has 0 aromatic carbocycles. The van der Waals surface area contributed by atoms with E-state index in [2.05, 4.69) is 0 Å². The molecule has 0 aliphatic carbocycles. The lowest BCUT2D eigenvalue weighted by Gasteiger charge is -2.21. The summed E-state index contributed by atoms with van der Waals surface area (Å²) in [7, 11) is 0. The first-order valence-corrected chi connectivity index (χ1v) is 2.53. The van der Waals surface area contributed by atoms with Gasteiger partial charge >= 0.3 is 0 Å². The van der Waals surface area contributed by atoms with Crippen molar-refractivity contribution in [3.05, 3.63) is 0 Å². The average molecular weight is 111 g/mol. The Balaban J connectivity index is 2.05. The number of hydrogen-bond donors (Lipinski definition) is 0. The Bertz CT molecular complexity index is 156. The zero-order chi connectivity index (χ0) is 5.61. The highest BCUT2D eigenvalue weighted by atomic mass is 16.7. The van der Waals surface area contributed by atoms with E-state index < -0.39 is 0 Å². The zero-order valence-corrected chi connectivity index (χ0v) is 4.26. The Kier molecular flexibility index (Phi) is 0.561. The van der Waals surface area contributed by atoms with E-state index in [0.717, 1.165) is 0 Å². The molecule has 2 fully saturated rings. The largest absolute Gasteiger partial charge is 0.375 e. The van der Waals surface area contributed by atoms with E-state index in [0.29, 0.717) is 13.2 Å². The highest BCUT2D eigenvalue weighted by Crippen LogP contribution is 2.42. The zero-order valence-electron chi connectivity index (χ0n) is 4.26. The SMILES string of the molecule is N#CC1OC12COC2. The Labute approximate surface area is 46.8 Å². The lowest BCUT2D eigenvalue weighted by molar-refractivity contribution is -0.0539. The third kappa shape index (κ3) is 0.310. The van der Waals surface area contributed by atoms with Crippen LogP contribution in [0.4, 0.5) is 0 Å². The van der Waals surface area contributed by atoms with Gasteiger partial charge in [-0.1, -0.05) is 0 Å². The topological polar surface area (TPSA) is 45.5 Å².